The zero-order chi connectivity index (χ0) is 12.8. The molecule has 0 bridgehead atoms. The Morgan fingerprint density at radius 3 is 2.89 bits per heavy atom. The normalized spacial score (nSPS) is 14.3. The molecule has 1 amide bonds. The number of halogens is 1. The van der Waals surface area contributed by atoms with Crippen molar-refractivity contribution in [2.45, 2.75) is 11.3 Å². The van der Waals surface area contributed by atoms with Crippen LogP contribution in [-0.2, 0) is 0 Å². The lowest BCUT2D eigenvalue weighted by Gasteiger charge is -2.15. The van der Waals surface area contributed by atoms with Crippen molar-refractivity contribution in [2.24, 2.45) is 0 Å². The summed E-state index contributed by atoms with van der Waals surface area (Å²) in [5, 5.41) is 6.25. The molecular weight excluding hydrogens is 280 g/mol. The zero-order valence-corrected chi connectivity index (χ0v) is 12.6. The number of amides is 1. The molecule has 1 aromatic rings. The van der Waals surface area contributed by atoms with E-state index in [0.29, 0.717) is 6.54 Å². The molecule has 1 aromatic carbocycles. The summed E-state index contributed by atoms with van der Waals surface area (Å²) in [4.78, 5) is 13.1. The van der Waals surface area contributed by atoms with Gasteiger partial charge in [0.2, 0.25) is 0 Å². The minimum atomic E-state index is 0. The van der Waals surface area contributed by atoms with Crippen LogP contribution in [0.15, 0.2) is 40.8 Å². The van der Waals surface area contributed by atoms with Gasteiger partial charge in [0.15, 0.2) is 0 Å². The average molecular weight is 299 g/mol. The molecule has 0 aliphatic carbocycles. The van der Waals surface area contributed by atoms with Gasteiger partial charge in [-0.05, 0) is 31.4 Å². The Kier molecular flexibility index (Phi) is 6.99. The van der Waals surface area contributed by atoms with Gasteiger partial charge in [-0.3, -0.25) is 4.79 Å². The highest BCUT2D eigenvalue weighted by atomic mass is 35.5. The van der Waals surface area contributed by atoms with Gasteiger partial charge in [0.1, 0.15) is 0 Å². The van der Waals surface area contributed by atoms with Crippen molar-refractivity contribution in [1.29, 1.82) is 0 Å². The maximum atomic E-state index is 12.1. The van der Waals surface area contributed by atoms with E-state index in [2.05, 4.69) is 16.7 Å². The van der Waals surface area contributed by atoms with Gasteiger partial charge in [0, 0.05) is 18.0 Å². The van der Waals surface area contributed by atoms with Crippen molar-refractivity contribution in [3.05, 3.63) is 41.5 Å². The molecule has 104 valence electrons. The van der Waals surface area contributed by atoms with E-state index < -0.39 is 0 Å². The lowest BCUT2D eigenvalue weighted by atomic mass is 10.1. The van der Waals surface area contributed by atoms with E-state index >= 15 is 0 Å². The number of thioether (sulfide) groups is 1. The second kappa shape index (κ2) is 8.25. The van der Waals surface area contributed by atoms with Crippen LogP contribution in [0.2, 0.25) is 0 Å². The van der Waals surface area contributed by atoms with Gasteiger partial charge in [0.25, 0.3) is 5.91 Å². The molecule has 2 rings (SSSR count). The van der Waals surface area contributed by atoms with Gasteiger partial charge in [-0.15, -0.1) is 24.2 Å². The molecule has 1 aliphatic heterocycles. The SMILES string of the molecule is CSc1ccccc1C(=O)NCC1=CCNCC1.Cl. The highest BCUT2D eigenvalue weighted by Crippen LogP contribution is 2.19. The van der Waals surface area contributed by atoms with E-state index in [9.17, 15) is 4.79 Å². The van der Waals surface area contributed by atoms with Gasteiger partial charge in [-0.2, -0.15) is 0 Å². The van der Waals surface area contributed by atoms with Crippen LogP contribution >= 0.6 is 24.2 Å². The van der Waals surface area contributed by atoms with Crippen LogP contribution in [0.4, 0.5) is 0 Å². The second-order valence-corrected chi connectivity index (χ2v) is 5.05. The van der Waals surface area contributed by atoms with Crippen molar-refractivity contribution in [2.75, 3.05) is 25.9 Å². The number of carbonyl (C=O) groups is 1. The first-order valence-electron chi connectivity index (χ1n) is 6.11. The third-order valence-corrected chi connectivity index (χ3v) is 3.78. The zero-order valence-electron chi connectivity index (χ0n) is 10.9. The summed E-state index contributed by atoms with van der Waals surface area (Å²) < 4.78 is 0. The number of hydrogen-bond donors (Lipinski definition) is 2. The summed E-state index contributed by atoms with van der Waals surface area (Å²) in [5.74, 6) is 0.0133. The molecule has 0 fully saturated rings. The van der Waals surface area contributed by atoms with Crippen molar-refractivity contribution in [3.8, 4) is 0 Å². The standard InChI is InChI=1S/C14H18N2OS.ClH/c1-18-13-5-3-2-4-12(13)14(17)16-10-11-6-8-15-9-7-11;/h2-6,15H,7-10H2,1H3,(H,16,17);1H. The van der Waals surface area contributed by atoms with Gasteiger partial charge in [-0.1, -0.05) is 23.8 Å². The minimum Gasteiger partial charge on any atom is -0.348 e. The highest BCUT2D eigenvalue weighted by Gasteiger charge is 2.11. The van der Waals surface area contributed by atoms with Crippen LogP contribution in [0.3, 0.4) is 0 Å². The predicted molar refractivity (Wildman–Crippen MR) is 83.4 cm³/mol. The molecule has 2 N–H and O–H groups in total. The Hall–Kier alpha value is -0.970. The maximum Gasteiger partial charge on any atom is 0.252 e. The molecule has 5 heteroatoms. The number of carbonyl (C=O) groups excluding carboxylic acids is 1. The van der Waals surface area contributed by atoms with E-state index in [-0.39, 0.29) is 18.3 Å². The summed E-state index contributed by atoms with van der Waals surface area (Å²) in [6, 6.07) is 7.71. The first-order chi connectivity index (χ1) is 8.81. The van der Waals surface area contributed by atoms with Crippen molar-refractivity contribution in [1.82, 2.24) is 10.6 Å². The van der Waals surface area contributed by atoms with Crippen LogP contribution in [0.25, 0.3) is 0 Å². The molecule has 0 atom stereocenters. The maximum absolute atomic E-state index is 12.1. The number of hydrogen-bond acceptors (Lipinski definition) is 3. The Morgan fingerprint density at radius 2 is 2.21 bits per heavy atom. The van der Waals surface area contributed by atoms with Gasteiger partial charge in [-0.25, -0.2) is 0 Å². The quantitative estimate of drug-likeness (QED) is 0.663. The third kappa shape index (κ3) is 4.56. The Labute approximate surface area is 124 Å². The van der Waals surface area contributed by atoms with Crippen LogP contribution in [0.5, 0.6) is 0 Å². The monoisotopic (exact) mass is 298 g/mol. The Bertz CT molecular complexity index is 463. The highest BCUT2D eigenvalue weighted by molar-refractivity contribution is 7.98. The Balaban J connectivity index is 0.00000180. The van der Waals surface area contributed by atoms with Gasteiger partial charge >= 0.3 is 0 Å². The molecule has 0 radical (unpaired) electrons. The summed E-state index contributed by atoms with van der Waals surface area (Å²) in [7, 11) is 0. The lowest BCUT2D eigenvalue weighted by Crippen LogP contribution is -2.29. The van der Waals surface area contributed by atoms with Crippen LogP contribution in [0, 0.1) is 0 Å². The van der Waals surface area contributed by atoms with Gasteiger partial charge < -0.3 is 10.6 Å². The molecule has 0 spiro atoms. The molecule has 0 unspecified atom stereocenters. The topological polar surface area (TPSA) is 41.1 Å². The van der Waals surface area contributed by atoms with Crippen LogP contribution in [0.1, 0.15) is 16.8 Å². The van der Waals surface area contributed by atoms with Crippen molar-refractivity contribution < 1.29 is 4.79 Å². The molecular formula is C14H19ClN2OS. The van der Waals surface area contributed by atoms with E-state index in [0.717, 1.165) is 30.0 Å². The van der Waals surface area contributed by atoms with E-state index in [1.807, 2.05) is 30.5 Å². The summed E-state index contributed by atoms with van der Waals surface area (Å²) in [6.45, 7) is 2.57. The number of nitrogens with one attached hydrogen (secondary N) is 2. The fourth-order valence-electron chi connectivity index (χ4n) is 1.95. The first kappa shape index (κ1) is 16.1. The third-order valence-electron chi connectivity index (χ3n) is 2.99. The van der Waals surface area contributed by atoms with Crippen LogP contribution in [-0.4, -0.2) is 31.8 Å². The summed E-state index contributed by atoms with van der Waals surface area (Å²) >= 11 is 1.60. The number of rotatable bonds is 4. The van der Waals surface area contributed by atoms with Crippen LogP contribution < -0.4 is 10.6 Å². The van der Waals surface area contributed by atoms with E-state index in [1.54, 1.807) is 11.8 Å². The molecule has 3 nitrogen and oxygen atoms in total. The fourth-order valence-corrected chi connectivity index (χ4v) is 2.55. The first-order valence-corrected chi connectivity index (χ1v) is 7.33. The van der Waals surface area contributed by atoms with Crippen molar-refractivity contribution >= 4 is 30.1 Å². The summed E-state index contributed by atoms with van der Waals surface area (Å²) in [5.41, 5.74) is 2.07. The Morgan fingerprint density at radius 1 is 1.42 bits per heavy atom. The summed E-state index contributed by atoms with van der Waals surface area (Å²) in [6.07, 6.45) is 5.16. The largest absolute Gasteiger partial charge is 0.348 e. The lowest BCUT2D eigenvalue weighted by molar-refractivity contribution is 0.0953. The number of benzene rings is 1. The molecule has 1 heterocycles. The molecule has 19 heavy (non-hydrogen) atoms. The molecule has 1 aliphatic rings. The predicted octanol–water partition coefficient (Wildman–Crippen LogP) is 2.48. The van der Waals surface area contributed by atoms with E-state index in [1.165, 1.54) is 5.57 Å². The van der Waals surface area contributed by atoms with E-state index in [4.69, 9.17) is 0 Å². The van der Waals surface area contributed by atoms with Crippen molar-refractivity contribution in [3.63, 3.8) is 0 Å². The molecule has 0 aromatic heterocycles. The minimum absolute atomic E-state index is 0. The molecule has 0 saturated heterocycles. The smallest absolute Gasteiger partial charge is 0.252 e. The fraction of sp³-hybridized carbons (Fsp3) is 0.357. The molecule has 0 saturated carbocycles. The average Bonchev–Trinajstić information content (AvgIpc) is 2.45. The second-order valence-electron chi connectivity index (χ2n) is 4.20. The van der Waals surface area contributed by atoms with Gasteiger partial charge in [0.05, 0.1) is 5.56 Å².